The number of carboxylic acids is 1. The van der Waals surface area contributed by atoms with E-state index >= 15 is 0 Å². The van der Waals surface area contributed by atoms with Crippen molar-refractivity contribution >= 4 is 48.6 Å². The molecule has 3 aliphatic rings. The molecule has 214 valence electrons. The minimum Gasteiger partial charge on any atom is -0.479 e. The quantitative estimate of drug-likeness (QED) is 0.122. The van der Waals surface area contributed by atoms with E-state index in [9.17, 15) is 34.4 Å². The molecule has 0 aliphatic carbocycles. The first kappa shape index (κ1) is 28.0. The van der Waals surface area contributed by atoms with Gasteiger partial charge in [-0.25, -0.2) is 29.1 Å². The minimum atomic E-state index is -4.90. The van der Waals surface area contributed by atoms with Gasteiger partial charge in [-0.1, -0.05) is 0 Å². The number of carboxylic acid groups (broad SMARTS) is 1. The summed E-state index contributed by atoms with van der Waals surface area (Å²) in [4.78, 5) is 45.3. The van der Waals surface area contributed by atoms with Crippen LogP contribution in [0.4, 0.5) is 10.6 Å². The number of amides is 2. The predicted molar refractivity (Wildman–Crippen MR) is 133 cm³/mol. The first-order chi connectivity index (χ1) is 18.5. The van der Waals surface area contributed by atoms with Gasteiger partial charge in [0.25, 0.3) is 0 Å². The number of carbonyl (C=O) groups is 2. The van der Waals surface area contributed by atoms with Crippen LogP contribution in [0.5, 0.6) is 0 Å². The Hall–Kier alpha value is -2.57. The zero-order valence-corrected chi connectivity index (χ0v) is 22.0. The number of thioether (sulfide) groups is 1. The Morgan fingerprint density at radius 1 is 1.31 bits per heavy atom. The summed E-state index contributed by atoms with van der Waals surface area (Å²) < 4.78 is 29.4. The maximum Gasteiger partial charge on any atom is 0.473 e. The highest BCUT2D eigenvalue weighted by atomic mass is 32.2. The van der Waals surface area contributed by atoms with Gasteiger partial charge >= 0.3 is 19.8 Å². The molecule has 39 heavy (non-hydrogen) atoms. The third-order valence-electron chi connectivity index (χ3n) is 6.83. The van der Waals surface area contributed by atoms with E-state index in [0.717, 1.165) is 5.75 Å². The number of aliphatic hydroxyl groups excluding tert-OH is 2. The van der Waals surface area contributed by atoms with Crippen LogP contribution in [0.2, 0.25) is 0 Å². The van der Waals surface area contributed by atoms with Gasteiger partial charge in [0.2, 0.25) is 0 Å². The standard InChI is InChI=1S/C20H28N7O10PS/c21-16-13-17(23-6-22-16)27(7-24-13)18-15(29)14(28)10(36-18)4-35-38(33,34)37-9(19(30)31)2-1-3-11-12-8(5-39-11)25-20(32)26-12/h6-12,14-15,18,28-29H,1-5H2,(H,30,31)(H,33,34)(H2,21,22,23)(H2,25,26,32)/t8-,9?,10+,11-,12-,14+,15+,18+/m0/s1. The summed E-state index contributed by atoms with van der Waals surface area (Å²) in [5.41, 5.74) is 6.26. The lowest BCUT2D eigenvalue weighted by molar-refractivity contribution is -0.146. The summed E-state index contributed by atoms with van der Waals surface area (Å²) >= 11 is 1.66. The number of phosphoric acid groups is 1. The van der Waals surface area contributed by atoms with Gasteiger partial charge in [-0.15, -0.1) is 0 Å². The van der Waals surface area contributed by atoms with Crippen LogP contribution in [0.1, 0.15) is 25.5 Å². The van der Waals surface area contributed by atoms with Gasteiger partial charge in [0.15, 0.2) is 23.8 Å². The Kier molecular flexibility index (Phi) is 7.98. The van der Waals surface area contributed by atoms with Gasteiger partial charge < -0.3 is 41.3 Å². The molecule has 3 fully saturated rings. The van der Waals surface area contributed by atoms with E-state index < -0.39 is 51.0 Å². The number of hydrogen-bond acceptors (Lipinski definition) is 13. The lowest BCUT2D eigenvalue weighted by atomic mass is 10.0. The number of ether oxygens (including phenoxy) is 1. The third-order valence-corrected chi connectivity index (χ3v) is 9.33. The number of hydrogen-bond donors (Lipinski definition) is 7. The molecule has 8 N–H and O–H groups in total. The van der Waals surface area contributed by atoms with Crippen molar-refractivity contribution in [2.24, 2.45) is 0 Å². The number of nitrogens with one attached hydrogen (secondary N) is 2. The SMILES string of the molecule is Nc1ncnc2c1ncn2[C@@H]1O[C@H](COP(=O)(O)OC(CCC[C@@H]2SC[C@@H]3NC(=O)N[C@@H]32)C(=O)O)[C@@H](O)[C@H]1O. The summed E-state index contributed by atoms with van der Waals surface area (Å²) in [5, 5.41) is 36.2. The molecule has 19 heteroatoms. The number of nitrogens with zero attached hydrogens (tertiary/aromatic N) is 4. The summed E-state index contributed by atoms with van der Waals surface area (Å²) in [6, 6.07) is -0.260. The minimum absolute atomic E-state index is 0.0234. The third kappa shape index (κ3) is 5.83. The normalized spacial score (nSPS) is 32.5. The first-order valence-corrected chi connectivity index (χ1v) is 14.6. The second-order valence-electron chi connectivity index (χ2n) is 9.38. The highest BCUT2D eigenvalue weighted by Crippen LogP contribution is 2.46. The van der Waals surface area contributed by atoms with Gasteiger partial charge in [-0.3, -0.25) is 13.6 Å². The molecule has 5 heterocycles. The Balaban J connectivity index is 1.14. The van der Waals surface area contributed by atoms with Crippen molar-refractivity contribution in [3.8, 4) is 0 Å². The molecule has 0 aromatic carbocycles. The van der Waals surface area contributed by atoms with Crippen molar-refractivity contribution in [3.05, 3.63) is 12.7 Å². The highest BCUT2D eigenvalue weighted by molar-refractivity contribution is 8.00. The van der Waals surface area contributed by atoms with Crippen molar-refractivity contribution in [1.82, 2.24) is 30.2 Å². The van der Waals surface area contributed by atoms with Crippen molar-refractivity contribution in [2.45, 2.75) is 67.2 Å². The number of aliphatic hydroxyl groups is 2. The van der Waals surface area contributed by atoms with Crippen LogP contribution in [0, 0.1) is 0 Å². The number of fused-ring (bicyclic) bond motifs is 2. The first-order valence-electron chi connectivity index (χ1n) is 12.1. The Morgan fingerprint density at radius 2 is 2.10 bits per heavy atom. The second kappa shape index (κ2) is 11.1. The number of rotatable bonds is 11. The molecule has 17 nitrogen and oxygen atoms in total. The van der Waals surface area contributed by atoms with Crippen LogP contribution < -0.4 is 16.4 Å². The fourth-order valence-corrected chi connectivity index (χ4v) is 7.34. The number of urea groups is 1. The Morgan fingerprint density at radius 3 is 2.87 bits per heavy atom. The number of nitrogen functional groups attached to an aromatic ring is 1. The maximum atomic E-state index is 12.5. The number of carbonyl (C=O) groups excluding carboxylic acids is 1. The second-order valence-corrected chi connectivity index (χ2v) is 12.1. The lowest BCUT2D eigenvalue weighted by Gasteiger charge is -2.21. The molecule has 2 aromatic heterocycles. The van der Waals surface area contributed by atoms with E-state index in [1.54, 1.807) is 11.8 Å². The summed E-state index contributed by atoms with van der Waals surface area (Å²) in [7, 11) is -4.90. The van der Waals surface area contributed by atoms with Crippen LogP contribution in [0.25, 0.3) is 11.2 Å². The summed E-state index contributed by atoms with van der Waals surface area (Å²) in [6.45, 7) is -0.687. The number of nitrogens with two attached hydrogens (primary N) is 1. The molecule has 3 aliphatic heterocycles. The molecule has 2 amide bonds. The molecule has 9 atom stereocenters. The van der Waals surface area contributed by atoms with Crippen LogP contribution in [-0.4, -0.2) is 106 Å². The number of aliphatic carboxylic acids is 1. The molecule has 5 rings (SSSR count). The number of anilines is 1. The van der Waals surface area contributed by atoms with Crippen LogP contribution in [0.15, 0.2) is 12.7 Å². The largest absolute Gasteiger partial charge is 0.479 e. The van der Waals surface area contributed by atoms with Gasteiger partial charge in [0.05, 0.1) is 25.0 Å². The molecule has 2 unspecified atom stereocenters. The summed E-state index contributed by atoms with van der Waals surface area (Å²) in [5.74, 6) is -0.594. The number of phosphoric ester groups is 1. The van der Waals surface area contributed by atoms with E-state index in [1.165, 1.54) is 17.2 Å². The zero-order chi connectivity index (χ0) is 27.9. The molecule has 0 saturated carbocycles. The van der Waals surface area contributed by atoms with Crippen molar-refractivity contribution in [3.63, 3.8) is 0 Å². The molecule has 2 aromatic rings. The average molecular weight is 590 g/mol. The molecule has 0 radical (unpaired) electrons. The zero-order valence-electron chi connectivity index (χ0n) is 20.3. The van der Waals surface area contributed by atoms with Gasteiger partial charge in [0, 0.05) is 11.0 Å². The molecular formula is C20H28N7O10PS. The predicted octanol–water partition coefficient (Wildman–Crippen LogP) is -1.05. The average Bonchev–Trinajstić information content (AvgIpc) is 3.62. The lowest BCUT2D eigenvalue weighted by Crippen LogP contribution is -2.37. The van der Waals surface area contributed by atoms with Crippen LogP contribution >= 0.6 is 19.6 Å². The smallest absolute Gasteiger partial charge is 0.473 e. The van der Waals surface area contributed by atoms with Gasteiger partial charge in [-0.05, 0) is 19.3 Å². The number of imidazole rings is 1. The van der Waals surface area contributed by atoms with Crippen LogP contribution in [-0.2, 0) is 23.1 Å². The Bertz CT molecular complexity index is 1280. The molecule has 3 saturated heterocycles. The molecule has 0 spiro atoms. The van der Waals surface area contributed by atoms with E-state index in [2.05, 4.69) is 25.6 Å². The van der Waals surface area contributed by atoms with Crippen LogP contribution in [0.3, 0.4) is 0 Å². The van der Waals surface area contributed by atoms with E-state index in [1.807, 2.05) is 0 Å². The van der Waals surface area contributed by atoms with Crippen molar-refractivity contribution in [2.75, 3.05) is 18.1 Å². The fourth-order valence-electron chi connectivity index (χ4n) is 4.88. The van der Waals surface area contributed by atoms with E-state index in [-0.39, 0.29) is 46.8 Å². The van der Waals surface area contributed by atoms with Crippen molar-refractivity contribution in [1.29, 1.82) is 0 Å². The molecule has 0 bridgehead atoms. The molecular weight excluding hydrogens is 561 g/mol. The van der Waals surface area contributed by atoms with E-state index in [0.29, 0.717) is 12.8 Å². The maximum absolute atomic E-state index is 12.5. The van der Waals surface area contributed by atoms with Gasteiger partial charge in [-0.2, -0.15) is 11.8 Å². The monoisotopic (exact) mass is 589 g/mol. The van der Waals surface area contributed by atoms with E-state index in [4.69, 9.17) is 19.5 Å². The fraction of sp³-hybridized carbons (Fsp3) is 0.650. The van der Waals surface area contributed by atoms with Gasteiger partial charge in [0.1, 0.15) is 30.2 Å². The summed E-state index contributed by atoms with van der Waals surface area (Å²) in [6.07, 6.45) is -3.74. The van der Waals surface area contributed by atoms with Crippen molar-refractivity contribution < 1.29 is 48.2 Å². The Labute approximate surface area is 225 Å². The highest BCUT2D eigenvalue weighted by Gasteiger charge is 2.46. The number of aromatic nitrogens is 4. The topological polar surface area (TPSA) is 253 Å².